The number of hydrogen-bond donors (Lipinski definition) is 1. The SMILES string of the molecule is CCCCCCCCCCCCNC(CC(=O)OCCCN(CC)CC)C(=O)OCCCN(CC)CC. The van der Waals surface area contributed by atoms with Gasteiger partial charge in [-0.1, -0.05) is 92.4 Å². The molecule has 220 valence electrons. The van der Waals surface area contributed by atoms with Crippen LogP contribution in [0.15, 0.2) is 0 Å². The molecule has 0 aromatic carbocycles. The van der Waals surface area contributed by atoms with Crippen LogP contribution in [0.2, 0.25) is 0 Å². The molecule has 0 heterocycles. The first kappa shape index (κ1) is 35.8. The minimum atomic E-state index is -0.637. The first-order valence-electron chi connectivity index (χ1n) is 15.5. The number of carbonyl (C=O) groups is 2. The molecule has 1 unspecified atom stereocenters. The number of hydrogen-bond acceptors (Lipinski definition) is 7. The Morgan fingerprint density at radius 2 is 1.08 bits per heavy atom. The predicted molar refractivity (Wildman–Crippen MR) is 155 cm³/mol. The van der Waals surface area contributed by atoms with Crippen molar-refractivity contribution in [3.05, 3.63) is 0 Å². The van der Waals surface area contributed by atoms with Gasteiger partial charge in [-0.25, -0.2) is 0 Å². The highest BCUT2D eigenvalue weighted by Gasteiger charge is 2.23. The summed E-state index contributed by atoms with van der Waals surface area (Å²) in [7, 11) is 0. The Morgan fingerprint density at radius 1 is 0.622 bits per heavy atom. The van der Waals surface area contributed by atoms with Gasteiger partial charge in [-0.3, -0.25) is 9.59 Å². The monoisotopic (exact) mass is 527 g/mol. The van der Waals surface area contributed by atoms with Gasteiger partial charge >= 0.3 is 11.9 Å². The fraction of sp³-hybridized carbons (Fsp3) is 0.933. The molecule has 0 saturated carbocycles. The minimum absolute atomic E-state index is 0.0257. The van der Waals surface area contributed by atoms with Gasteiger partial charge in [0.25, 0.3) is 0 Å². The summed E-state index contributed by atoms with van der Waals surface area (Å²) in [6.45, 7) is 18.1. The second-order valence-electron chi connectivity index (χ2n) is 10.0. The molecule has 0 aromatic rings. The Bertz CT molecular complexity index is 525. The van der Waals surface area contributed by atoms with Gasteiger partial charge < -0.3 is 24.6 Å². The molecule has 7 heteroatoms. The summed E-state index contributed by atoms with van der Waals surface area (Å²) in [5.74, 6) is -0.674. The number of esters is 2. The Balaban J connectivity index is 4.37. The van der Waals surface area contributed by atoms with Crippen molar-refractivity contribution in [3.63, 3.8) is 0 Å². The van der Waals surface area contributed by atoms with Crippen LogP contribution in [-0.2, 0) is 19.1 Å². The van der Waals surface area contributed by atoms with Crippen LogP contribution in [0.1, 0.15) is 118 Å². The molecule has 0 radical (unpaired) electrons. The number of nitrogens with zero attached hydrogens (tertiary/aromatic N) is 2. The third-order valence-electron chi connectivity index (χ3n) is 7.11. The normalized spacial score (nSPS) is 12.3. The van der Waals surface area contributed by atoms with Crippen LogP contribution in [0.4, 0.5) is 0 Å². The molecule has 0 aliphatic heterocycles. The summed E-state index contributed by atoms with van der Waals surface area (Å²) in [6, 6.07) is -0.637. The second-order valence-corrected chi connectivity index (χ2v) is 10.0. The third kappa shape index (κ3) is 21.4. The molecule has 7 nitrogen and oxygen atoms in total. The van der Waals surface area contributed by atoms with E-state index in [9.17, 15) is 9.59 Å². The van der Waals surface area contributed by atoms with Gasteiger partial charge in [0.05, 0.1) is 19.6 Å². The second kappa shape index (κ2) is 26.4. The van der Waals surface area contributed by atoms with Crippen LogP contribution in [0.5, 0.6) is 0 Å². The van der Waals surface area contributed by atoms with Crippen LogP contribution >= 0.6 is 0 Å². The van der Waals surface area contributed by atoms with E-state index in [1.54, 1.807) is 0 Å². The highest BCUT2D eigenvalue weighted by Crippen LogP contribution is 2.10. The average Bonchev–Trinajstić information content (AvgIpc) is 2.91. The highest BCUT2D eigenvalue weighted by molar-refractivity contribution is 5.82. The maximum absolute atomic E-state index is 12.8. The van der Waals surface area contributed by atoms with Crippen molar-refractivity contribution >= 4 is 11.9 Å². The summed E-state index contributed by atoms with van der Waals surface area (Å²) in [6.07, 6.45) is 14.3. The Morgan fingerprint density at radius 3 is 1.57 bits per heavy atom. The molecule has 37 heavy (non-hydrogen) atoms. The van der Waals surface area contributed by atoms with E-state index < -0.39 is 6.04 Å². The first-order chi connectivity index (χ1) is 18.0. The standard InChI is InChI=1S/C30H61N3O4/c1-6-11-12-13-14-15-16-17-18-19-22-31-28(30(35)37-26-21-24-33(9-4)10-5)27-29(34)36-25-20-23-32(7-2)8-3/h28,31H,6-27H2,1-5H3. The van der Waals surface area contributed by atoms with E-state index in [1.807, 2.05) is 0 Å². The molecular formula is C30H61N3O4. The zero-order valence-corrected chi connectivity index (χ0v) is 25.2. The fourth-order valence-electron chi connectivity index (χ4n) is 4.47. The lowest BCUT2D eigenvalue weighted by Crippen LogP contribution is -2.41. The Hall–Kier alpha value is -1.18. The van der Waals surface area contributed by atoms with Crippen molar-refractivity contribution in [2.75, 3.05) is 59.0 Å². The van der Waals surface area contributed by atoms with E-state index in [4.69, 9.17) is 9.47 Å². The molecule has 0 rings (SSSR count). The van der Waals surface area contributed by atoms with Gasteiger partial charge in [-0.2, -0.15) is 0 Å². The first-order valence-corrected chi connectivity index (χ1v) is 15.5. The average molecular weight is 528 g/mol. The highest BCUT2D eigenvalue weighted by atomic mass is 16.5. The molecule has 0 amide bonds. The summed E-state index contributed by atoms with van der Waals surface area (Å²) >= 11 is 0. The Kier molecular flexibility index (Phi) is 25.6. The van der Waals surface area contributed by atoms with E-state index in [1.165, 1.54) is 51.4 Å². The lowest BCUT2D eigenvalue weighted by atomic mass is 10.1. The number of ether oxygens (including phenoxy) is 2. The predicted octanol–water partition coefficient (Wildman–Crippen LogP) is 5.81. The van der Waals surface area contributed by atoms with Gasteiger partial charge in [-0.05, 0) is 52.0 Å². The van der Waals surface area contributed by atoms with Gasteiger partial charge in [0, 0.05) is 13.1 Å². The van der Waals surface area contributed by atoms with Crippen LogP contribution < -0.4 is 5.32 Å². The molecule has 0 fully saturated rings. The molecule has 0 aromatic heterocycles. The van der Waals surface area contributed by atoms with Crippen LogP contribution in [0.3, 0.4) is 0 Å². The lowest BCUT2D eigenvalue weighted by molar-refractivity contribution is -0.153. The smallest absolute Gasteiger partial charge is 0.323 e. The number of rotatable bonds is 27. The van der Waals surface area contributed by atoms with E-state index >= 15 is 0 Å². The zero-order chi connectivity index (χ0) is 27.6. The van der Waals surface area contributed by atoms with Crippen molar-refractivity contribution < 1.29 is 19.1 Å². The van der Waals surface area contributed by atoms with Crippen LogP contribution in [0, 0.1) is 0 Å². The molecule has 0 saturated heterocycles. The van der Waals surface area contributed by atoms with Gasteiger partial charge in [-0.15, -0.1) is 0 Å². The largest absolute Gasteiger partial charge is 0.466 e. The number of carbonyl (C=O) groups excluding carboxylic acids is 2. The molecule has 1 atom stereocenters. The van der Waals surface area contributed by atoms with Crippen LogP contribution in [0.25, 0.3) is 0 Å². The third-order valence-corrected chi connectivity index (χ3v) is 7.11. The van der Waals surface area contributed by atoms with E-state index in [-0.39, 0.29) is 18.4 Å². The van der Waals surface area contributed by atoms with Crippen molar-refractivity contribution in [1.29, 1.82) is 0 Å². The quantitative estimate of drug-likeness (QED) is 0.107. The summed E-state index contributed by atoms with van der Waals surface area (Å²) in [4.78, 5) is 29.8. The molecule has 0 aliphatic carbocycles. The van der Waals surface area contributed by atoms with Crippen molar-refractivity contribution in [1.82, 2.24) is 15.1 Å². The molecule has 0 bridgehead atoms. The Labute approximate surface area is 229 Å². The van der Waals surface area contributed by atoms with E-state index in [2.05, 4.69) is 49.7 Å². The molecule has 0 aliphatic rings. The molecular weight excluding hydrogens is 466 g/mol. The van der Waals surface area contributed by atoms with Gasteiger partial charge in [0.15, 0.2) is 0 Å². The summed E-state index contributed by atoms with van der Waals surface area (Å²) in [5, 5.41) is 3.28. The number of nitrogens with one attached hydrogen (secondary N) is 1. The summed E-state index contributed by atoms with van der Waals surface area (Å²) in [5.41, 5.74) is 0. The summed E-state index contributed by atoms with van der Waals surface area (Å²) < 4.78 is 11.0. The van der Waals surface area contributed by atoms with E-state index in [0.29, 0.717) is 19.8 Å². The maximum Gasteiger partial charge on any atom is 0.323 e. The minimum Gasteiger partial charge on any atom is -0.466 e. The van der Waals surface area contributed by atoms with Crippen molar-refractivity contribution in [2.45, 2.75) is 124 Å². The van der Waals surface area contributed by atoms with E-state index in [0.717, 1.165) is 65.0 Å². The topological polar surface area (TPSA) is 71.1 Å². The zero-order valence-electron chi connectivity index (χ0n) is 25.2. The maximum atomic E-state index is 12.8. The lowest BCUT2D eigenvalue weighted by Gasteiger charge is -2.20. The van der Waals surface area contributed by atoms with Crippen molar-refractivity contribution in [2.24, 2.45) is 0 Å². The fourth-order valence-corrected chi connectivity index (χ4v) is 4.47. The molecule has 1 N–H and O–H groups in total. The van der Waals surface area contributed by atoms with Gasteiger partial charge in [0.1, 0.15) is 6.04 Å². The van der Waals surface area contributed by atoms with Crippen LogP contribution in [-0.4, -0.2) is 86.8 Å². The van der Waals surface area contributed by atoms with Crippen molar-refractivity contribution in [3.8, 4) is 0 Å². The molecule has 0 spiro atoms. The van der Waals surface area contributed by atoms with Gasteiger partial charge in [0.2, 0.25) is 0 Å². The number of unbranched alkanes of at least 4 members (excludes halogenated alkanes) is 9.